The van der Waals surface area contributed by atoms with Gasteiger partial charge in [-0.05, 0) is 31.2 Å². The molecule has 2 aromatic rings. The van der Waals surface area contributed by atoms with Crippen molar-refractivity contribution < 1.29 is 8.78 Å². The van der Waals surface area contributed by atoms with Crippen molar-refractivity contribution >= 4 is 10.9 Å². The SMILES string of the molecule is N#Cc1c[nH]c2c(CC3CC3)c(F)c(F)cc2c1=O. The molecule has 0 saturated heterocycles. The van der Waals surface area contributed by atoms with Crippen LogP contribution in [0.5, 0.6) is 0 Å². The first kappa shape index (κ1) is 11.8. The van der Waals surface area contributed by atoms with Crippen LogP contribution in [0.4, 0.5) is 8.78 Å². The fraction of sp³-hybridized carbons (Fsp3) is 0.286. The second kappa shape index (κ2) is 4.16. The van der Waals surface area contributed by atoms with E-state index in [1.807, 2.05) is 0 Å². The zero-order chi connectivity index (χ0) is 13.6. The maximum absolute atomic E-state index is 13.9. The molecule has 0 bridgehead atoms. The van der Waals surface area contributed by atoms with Crippen molar-refractivity contribution in [3.63, 3.8) is 0 Å². The highest BCUT2D eigenvalue weighted by Crippen LogP contribution is 2.35. The van der Waals surface area contributed by atoms with Gasteiger partial charge in [-0.15, -0.1) is 0 Å². The summed E-state index contributed by atoms with van der Waals surface area (Å²) in [7, 11) is 0. The summed E-state index contributed by atoms with van der Waals surface area (Å²) in [5.41, 5.74) is -0.156. The molecule has 1 N–H and O–H groups in total. The lowest BCUT2D eigenvalue weighted by Crippen LogP contribution is -2.11. The second-order valence-corrected chi connectivity index (χ2v) is 4.86. The molecule has 5 heteroatoms. The number of benzene rings is 1. The third kappa shape index (κ3) is 1.89. The molecule has 3 rings (SSSR count). The molecule has 1 aromatic heterocycles. The lowest BCUT2D eigenvalue weighted by Gasteiger charge is -2.08. The molecule has 0 unspecified atom stereocenters. The van der Waals surface area contributed by atoms with Crippen molar-refractivity contribution in [2.75, 3.05) is 0 Å². The molecule has 0 atom stereocenters. The maximum atomic E-state index is 13.9. The third-order valence-electron chi connectivity index (χ3n) is 3.48. The van der Waals surface area contributed by atoms with E-state index in [1.54, 1.807) is 6.07 Å². The summed E-state index contributed by atoms with van der Waals surface area (Å²) >= 11 is 0. The maximum Gasteiger partial charge on any atom is 0.207 e. The zero-order valence-corrected chi connectivity index (χ0v) is 9.96. The van der Waals surface area contributed by atoms with E-state index in [9.17, 15) is 13.6 Å². The molecule has 0 radical (unpaired) electrons. The summed E-state index contributed by atoms with van der Waals surface area (Å²) < 4.78 is 27.5. The molecule has 1 saturated carbocycles. The van der Waals surface area contributed by atoms with Crippen LogP contribution in [0.15, 0.2) is 17.1 Å². The fourth-order valence-electron chi connectivity index (χ4n) is 2.26. The van der Waals surface area contributed by atoms with Crippen LogP contribution in [-0.4, -0.2) is 4.98 Å². The zero-order valence-electron chi connectivity index (χ0n) is 9.96. The number of nitriles is 1. The Kier molecular flexibility index (Phi) is 2.59. The number of nitrogens with one attached hydrogen (secondary N) is 1. The Morgan fingerprint density at radius 3 is 2.79 bits per heavy atom. The molecule has 3 nitrogen and oxygen atoms in total. The largest absolute Gasteiger partial charge is 0.359 e. The van der Waals surface area contributed by atoms with E-state index in [0.29, 0.717) is 17.9 Å². The number of aromatic nitrogens is 1. The number of halogens is 2. The minimum absolute atomic E-state index is 0.0357. The van der Waals surface area contributed by atoms with Crippen LogP contribution >= 0.6 is 0 Å². The standard InChI is InChI=1S/C14H10F2N2O/c15-11-4-10-13(18-6-8(5-17)14(10)19)9(12(11)16)3-7-1-2-7/h4,6-7H,1-3H2,(H,18,19). The molecular weight excluding hydrogens is 250 g/mol. The van der Waals surface area contributed by atoms with Crippen LogP contribution in [0.25, 0.3) is 10.9 Å². The molecule has 0 amide bonds. The van der Waals surface area contributed by atoms with Gasteiger partial charge in [-0.1, -0.05) is 0 Å². The Bertz CT molecular complexity index is 770. The molecule has 1 fully saturated rings. The van der Waals surface area contributed by atoms with Gasteiger partial charge in [0.1, 0.15) is 11.6 Å². The topological polar surface area (TPSA) is 56.6 Å². The summed E-state index contributed by atoms with van der Waals surface area (Å²) in [6.45, 7) is 0. The van der Waals surface area contributed by atoms with Crippen molar-refractivity contribution in [3.8, 4) is 6.07 Å². The van der Waals surface area contributed by atoms with Crippen LogP contribution in [0.2, 0.25) is 0 Å². The molecule has 0 aliphatic heterocycles. The van der Waals surface area contributed by atoms with Crippen LogP contribution in [0.1, 0.15) is 24.0 Å². The highest BCUT2D eigenvalue weighted by Gasteiger charge is 2.26. The lowest BCUT2D eigenvalue weighted by molar-refractivity contribution is 0.499. The molecule has 1 aliphatic rings. The van der Waals surface area contributed by atoms with Gasteiger partial charge in [0.05, 0.1) is 10.9 Å². The van der Waals surface area contributed by atoms with Gasteiger partial charge in [0.15, 0.2) is 11.6 Å². The van der Waals surface area contributed by atoms with E-state index in [2.05, 4.69) is 4.98 Å². The molecule has 1 aliphatic carbocycles. The first-order valence-electron chi connectivity index (χ1n) is 6.04. The monoisotopic (exact) mass is 260 g/mol. The van der Waals surface area contributed by atoms with E-state index in [0.717, 1.165) is 18.9 Å². The molecule has 1 aromatic carbocycles. The summed E-state index contributed by atoms with van der Waals surface area (Å²) in [4.78, 5) is 14.7. The van der Waals surface area contributed by atoms with Crippen LogP contribution in [-0.2, 0) is 6.42 Å². The second-order valence-electron chi connectivity index (χ2n) is 4.86. The lowest BCUT2D eigenvalue weighted by atomic mass is 10.0. The minimum atomic E-state index is -1.04. The molecular formula is C14H10F2N2O. The Labute approximate surface area is 107 Å². The van der Waals surface area contributed by atoms with Gasteiger partial charge in [0.25, 0.3) is 0 Å². The van der Waals surface area contributed by atoms with E-state index >= 15 is 0 Å². The van der Waals surface area contributed by atoms with E-state index < -0.39 is 17.1 Å². The summed E-state index contributed by atoms with van der Waals surface area (Å²) in [6.07, 6.45) is 3.66. The Morgan fingerprint density at radius 1 is 1.42 bits per heavy atom. The predicted molar refractivity (Wildman–Crippen MR) is 65.6 cm³/mol. The van der Waals surface area contributed by atoms with Crippen LogP contribution in [0.3, 0.4) is 0 Å². The molecule has 96 valence electrons. The van der Waals surface area contributed by atoms with E-state index in [-0.39, 0.29) is 16.5 Å². The number of hydrogen-bond donors (Lipinski definition) is 1. The molecule has 19 heavy (non-hydrogen) atoms. The van der Waals surface area contributed by atoms with Crippen molar-refractivity contribution in [1.29, 1.82) is 5.26 Å². The van der Waals surface area contributed by atoms with Gasteiger partial charge < -0.3 is 4.98 Å². The number of fused-ring (bicyclic) bond motifs is 1. The van der Waals surface area contributed by atoms with Crippen LogP contribution in [0, 0.1) is 28.9 Å². The Hall–Kier alpha value is -2.22. The van der Waals surface area contributed by atoms with Crippen molar-refractivity contribution in [2.45, 2.75) is 19.3 Å². The normalized spacial score (nSPS) is 14.6. The van der Waals surface area contributed by atoms with E-state index in [4.69, 9.17) is 5.26 Å². The van der Waals surface area contributed by atoms with Gasteiger partial charge >= 0.3 is 0 Å². The average molecular weight is 260 g/mol. The summed E-state index contributed by atoms with van der Waals surface area (Å²) in [6, 6.07) is 2.60. The average Bonchev–Trinajstić information content (AvgIpc) is 3.20. The van der Waals surface area contributed by atoms with Gasteiger partial charge in [0.2, 0.25) is 5.43 Å². The smallest absolute Gasteiger partial charge is 0.207 e. The first-order valence-corrected chi connectivity index (χ1v) is 6.04. The van der Waals surface area contributed by atoms with E-state index in [1.165, 1.54) is 6.20 Å². The number of aromatic amines is 1. The Morgan fingerprint density at radius 2 is 2.16 bits per heavy atom. The minimum Gasteiger partial charge on any atom is -0.359 e. The third-order valence-corrected chi connectivity index (χ3v) is 3.48. The fourth-order valence-corrected chi connectivity index (χ4v) is 2.26. The summed E-state index contributed by atoms with van der Waals surface area (Å²) in [5.74, 6) is -1.58. The number of H-pyrrole nitrogens is 1. The number of nitrogens with zero attached hydrogens (tertiary/aromatic N) is 1. The highest BCUT2D eigenvalue weighted by atomic mass is 19.2. The Balaban J connectivity index is 2.34. The van der Waals surface area contributed by atoms with Gasteiger partial charge in [0, 0.05) is 11.8 Å². The van der Waals surface area contributed by atoms with Crippen molar-refractivity contribution in [1.82, 2.24) is 4.98 Å². The molecule has 1 heterocycles. The van der Waals surface area contributed by atoms with Gasteiger partial charge in [-0.2, -0.15) is 5.26 Å². The summed E-state index contributed by atoms with van der Waals surface area (Å²) in [5, 5.41) is 8.82. The number of rotatable bonds is 2. The van der Waals surface area contributed by atoms with Gasteiger partial charge in [-0.25, -0.2) is 8.78 Å². The van der Waals surface area contributed by atoms with Crippen molar-refractivity contribution in [3.05, 3.63) is 45.2 Å². The number of hydrogen-bond acceptors (Lipinski definition) is 2. The number of pyridine rings is 1. The van der Waals surface area contributed by atoms with Gasteiger partial charge in [-0.3, -0.25) is 4.79 Å². The first-order chi connectivity index (χ1) is 9.11. The quantitative estimate of drug-likeness (QED) is 0.902. The van der Waals surface area contributed by atoms with Crippen LogP contribution < -0.4 is 5.43 Å². The predicted octanol–water partition coefficient (Wildman–Crippen LogP) is 2.63. The van der Waals surface area contributed by atoms with Crippen molar-refractivity contribution in [2.24, 2.45) is 5.92 Å². The highest BCUT2D eigenvalue weighted by molar-refractivity contribution is 5.83. The molecule has 0 spiro atoms.